The van der Waals surface area contributed by atoms with Crippen molar-refractivity contribution in [3.8, 4) is 0 Å². The van der Waals surface area contributed by atoms with Crippen LogP contribution in [-0.4, -0.2) is 61.9 Å². The minimum atomic E-state index is -3.65. The molecule has 1 fully saturated rings. The summed E-state index contributed by atoms with van der Waals surface area (Å²) in [5.41, 5.74) is 0.415. The fraction of sp³-hybridized carbons (Fsp3) is 0.632. The van der Waals surface area contributed by atoms with Crippen molar-refractivity contribution in [3.63, 3.8) is 0 Å². The number of carbonyl (C=O) groups excluding carboxylic acids is 1. The van der Waals surface area contributed by atoms with Crippen LogP contribution in [0.1, 0.15) is 50.9 Å². The highest BCUT2D eigenvalue weighted by atomic mass is 32.2. The third kappa shape index (κ3) is 4.84. The van der Waals surface area contributed by atoms with Crippen LogP contribution in [0.4, 0.5) is 0 Å². The minimum absolute atomic E-state index is 0.123. The van der Waals surface area contributed by atoms with Gasteiger partial charge in [-0.2, -0.15) is 4.31 Å². The summed E-state index contributed by atoms with van der Waals surface area (Å²) in [5, 5.41) is 0. The molecule has 0 spiro atoms. The van der Waals surface area contributed by atoms with E-state index in [-0.39, 0.29) is 23.0 Å². The van der Waals surface area contributed by atoms with Gasteiger partial charge in [-0.3, -0.25) is 4.79 Å². The van der Waals surface area contributed by atoms with Gasteiger partial charge in [0.2, 0.25) is 10.0 Å². The molecule has 0 N–H and O–H groups in total. The Kier molecular flexibility index (Phi) is 7.20. The summed E-state index contributed by atoms with van der Waals surface area (Å²) in [5.74, 6) is -0.123. The predicted octanol–water partition coefficient (Wildman–Crippen LogP) is 2.75. The zero-order chi connectivity index (χ0) is 19.3. The molecule has 1 aliphatic rings. The zero-order valence-electron chi connectivity index (χ0n) is 16.1. The number of rotatable bonds is 7. The van der Waals surface area contributed by atoms with E-state index in [9.17, 15) is 13.2 Å². The molecular weight excluding hydrogens is 352 g/mol. The van der Waals surface area contributed by atoms with Gasteiger partial charge >= 0.3 is 0 Å². The molecule has 1 aliphatic heterocycles. The Morgan fingerprint density at radius 3 is 2.46 bits per heavy atom. The van der Waals surface area contributed by atoms with E-state index in [1.165, 1.54) is 10.4 Å². The second-order valence-electron chi connectivity index (χ2n) is 6.85. The lowest BCUT2D eigenvalue weighted by molar-refractivity contribution is -0.0440. The molecule has 2 rings (SSSR count). The number of unbranched alkanes of at least 4 members (excludes halogenated alkanes) is 1. The molecule has 1 saturated heterocycles. The summed E-state index contributed by atoms with van der Waals surface area (Å²) in [6.07, 6.45) is 1.64. The highest BCUT2D eigenvalue weighted by Gasteiger charge is 2.32. The Morgan fingerprint density at radius 1 is 1.23 bits per heavy atom. The molecule has 1 heterocycles. The summed E-state index contributed by atoms with van der Waals surface area (Å²) < 4.78 is 33.1. The van der Waals surface area contributed by atoms with E-state index >= 15 is 0 Å². The molecule has 26 heavy (non-hydrogen) atoms. The van der Waals surface area contributed by atoms with Gasteiger partial charge in [-0.25, -0.2) is 8.42 Å². The Balaban J connectivity index is 2.26. The van der Waals surface area contributed by atoms with Gasteiger partial charge in [0, 0.05) is 31.7 Å². The molecule has 0 bridgehead atoms. The molecule has 0 saturated carbocycles. The van der Waals surface area contributed by atoms with Crippen molar-refractivity contribution in [1.82, 2.24) is 9.21 Å². The first-order valence-corrected chi connectivity index (χ1v) is 10.8. The van der Waals surface area contributed by atoms with E-state index < -0.39 is 10.0 Å². The molecule has 146 valence electrons. The maximum Gasteiger partial charge on any atom is 0.253 e. The molecule has 7 heteroatoms. The zero-order valence-corrected chi connectivity index (χ0v) is 17.0. The average Bonchev–Trinajstić information content (AvgIpc) is 2.61. The molecule has 1 amide bonds. The van der Waals surface area contributed by atoms with Crippen molar-refractivity contribution in [2.24, 2.45) is 0 Å². The Morgan fingerprint density at radius 2 is 1.88 bits per heavy atom. The number of nitrogens with zero attached hydrogens (tertiary/aromatic N) is 2. The number of sulfonamides is 1. The van der Waals surface area contributed by atoms with E-state index in [1.807, 2.05) is 20.8 Å². The number of benzene rings is 1. The van der Waals surface area contributed by atoms with Gasteiger partial charge in [0.25, 0.3) is 5.91 Å². The lowest BCUT2D eigenvalue weighted by Crippen LogP contribution is -2.48. The lowest BCUT2D eigenvalue weighted by Gasteiger charge is -2.34. The summed E-state index contributed by atoms with van der Waals surface area (Å²) >= 11 is 0. The Hall–Kier alpha value is -1.44. The van der Waals surface area contributed by atoms with Gasteiger partial charge < -0.3 is 9.64 Å². The van der Waals surface area contributed by atoms with Crippen molar-refractivity contribution in [3.05, 3.63) is 29.8 Å². The quantitative estimate of drug-likeness (QED) is 0.727. The van der Waals surface area contributed by atoms with Crippen LogP contribution < -0.4 is 0 Å². The topological polar surface area (TPSA) is 66.9 Å². The van der Waals surface area contributed by atoms with Gasteiger partial charge in [-0.05, 0) is 45.4 Å². The molecule has 0 radical (unpaired) electrons. The van der Waals surface area contributed by atoms with Gasteiger partial charge in [0.15, 0.2) is 0 Å². The number of amides is 1. The summed E-state index contributed by atoms with van der Waals surface area (Å²) in [6, 6.07) is 6.37. The molecule has 0 aliphatic carbocycles. The third-order valence-corrected chi connectivity index (χ3v) is 6.38. The smallest absolute Gasteiger partial charge is 0.253 e. The summed E-state index contributed by atoms with van der Waals surface area (Å²) in [4.78, 5) is 14.7. The van der Waals surface area contributed by atoms with E-state index in [0.29, 0.717) is 31.7 Å². The maximum atomic E-state index is 13.0. The van der Waals surface area contributed by atoms with Crippen LogP contribution in [0.3, 0.4) is 0 Å². The SMILES string of the molecule is CCCCN(CC)C(=O)c1cccc(S(=O)(=O)N2CC(C)OC(C)C2)c1. The first kappa shape index (κ1) is 20.9. The second kappa shape index (κ2) is 8.97. The highest BCUT2D eigenvalue weighted by Crippen LogP contribution is 2.22. The molecule has 2 unspecified atom stereocenters. The standard InChI is InChI=1S/C19H30N2O4S/c1-5-7-11-20(6-2)19(22)17-9-8-10-18(12-17)26(23,24)21-13-15(3)25-16(4)14-21/h8-10,12,15-16H,5-7,11,13-14H2,1-4H3. The number of ether oxygens (including phenoxy) is 1. The van der Waals surface area contributed by atoms with E-state index in [0.717, 1.165) is 12.8 Å². The lowest BCUT2D eigenvalue weighted by atomic mass is 10.2. The number of morpholine rings is 1. The first-order valence-electron chi connectivity index (χ1n) is 9.34. The number of hydrogen-bond acceptors (Lipinski definition) is 4. The van der Waals surface area contributed by atoms with Crippen LogP contribution >= 0.6 is 0 Å². The molecule has 6 nitrogen and oxygen atoms in total. The molecule has 2 atom stereocenters. The number of hydrogen-bond donors (Lipinski definition) is 0. The molecular formula is C19H30N2O4S. The normalized spacial score (nSPS) is 21.5. The average molecular weight is 383 g/mol. The fourth-order valence-corrected chi connectivity index (χ4v) is 4.84. The maximum absolute atomic E-state index is 13.0. The van der Waals surface area contributed by atoms with Crippen molar-refractivity contribution < 1.29 is 17.9 Å². The highest BCUT2D eigenvalue weighted by molar-refractivity contribution is 7.89. The summed E-state index contributed by atoms with van der Waals surface area (Å²) in [7, 11) is -3.65. The van der Waals surface area contributed by atoms with Crippen LogP contribution in [0, 0.1) is 0 Å². The van der Waals surface area contributed by atoms with Crippen LogP contribution in [0.25, 0.3) is 0 Å². The fourth-order valence-electron chi connectivity index (χ4n) is 3.20. The van der Waals surface area contributed by atoms with Crippen LogP contribution in [0.5, 0.6) is 0 Å². The Bertz CT molecular complexity index is 710. The van der Waals surface area contributed by atoms with Crippen LogP contribution in [-0.2, 0) is 14.8 Å². The van der Waals surface area contributed by atoms with Crippen LogP contribution in [0.2, 0.25) is 0 Å². The second-order valence-corrected chi connectivity index (χ2v) is 8.78. The van der Waals surface area contributed by atoms with Gasteiger partial charge in [0.1, 0.15) is 0 Å². The number of carbonyl (C=O) groups is 1. The van der Waals surface area contributed by atoms with Crippen LogP contribution in [0.15, 0.2) is 29.2 Å². The van der Waals surface area contributed by atoms with E-state index in [2.05, 4.69) is 6.92 Å². The molecule has 1 aromatic rings. The van der Waals surface area contributed by atoms with Crippen molar-refractivity contribution in [2.45, 2.75) is 57.6 Å². The largest absolute Gasteiger partial charge is 0.373 e. The molecule has 0 aromatic heterocycles. The van der Waals surface area contributed by atoms with E-state index in [1.54, 1.807) is 23.1 Å². The van der Waals surface area contributed by atoms with Crippen molar-refractivity contribution in [2.75, 3.05) is 26.2 Å². The van der Waals surface area contributed by atoms with Gasteiger partial charge in [-0.1, -0.05) is 19.4 Å². The molecule has 1 aromatic carbocycles. The van der Waals surface area contributed by atoms with Gasteiger partial charge in [-0.15, -0.1) is 0 Å². The van der Waals surface area contributed by atoms with Gasteiger partial charge in [0.05, 0.1) is 17.1 Å². The van der Waals surface area contributed by atoms with E-state index in [4.69, 9.17) is 4.74 Å². The predicted molar refractivity (Wildman–Crippen MR) is 102 cm³/mol. The van der Waals surface area contributed by atoms with Crippen molar-refractivity contribution in [1.29, 1.82) is 0 Å². The third-order valence-electron chi connectivity index (χ3n) is 4.56. The summed E-state index contributed by atoms with van der Waals surface area (Å²) in [6.45, 7) is 9.68. The Labute approximate surface area is 157 Å². The monoisotopic (exact) mass is 382 g/mol. The minimum Gasteiger partial charge on any atom is -0.373 e. The first-order chi connectivity index (χ1) is 12.3. The van der Waals surface area contributed by atoms with Crippen molar-refractivity contribution >= 4 is 15.9 Å².